The van der Waals surface area contributed by atoms with Gasteiger partial charge in [0, 0.05) is 37.2 Å². The van der Waals surface area contributed by atoms with Gasteiger partial charge < -0.3 is 15.3 Å². The van der Waals surface area contributed by atoms with Crippen molar-refractivity contribution in [1.29, 1.82) is 0 Å². The Hall–Kier alpha value is -0.770. The molecule has 1 aliphatic rings. The molecular weight excluding hydrogens is 226 g/mol. The predicted molar refractivity (Wildman–Crippen MR) is 76.8 cm³/mol. The van der Waals surface area contributed by atoms with Crippen LogP contribution < -0.4 is 5.32 Å². The molecule has 0 saturated carbocycles. The van der Waals surface area contributed by atoms with E-state index in [4.69, 9.17) is 5.11 Å². The van der Waals surface area contributed by atoms with E-state index in [0.29, 0.717) is 12.0 Å². The molecule has 1 saturated heterocycles. The average Bonchev–Trinajstić information content (AvgIpc) is 2.31. The van der Waals surface area contributed by atoms with E-state index in [-0.39, 0.29) is 18.1 Å². The molecule has 1 heterocycles. The summed E-state index contributed by atoms with van der Waals surface area (Å²) in [7, 11) is 0. The van der Waals surface area contributed by atoms with E-state index < -0.39 is 0 Å². The summed E-state index contributed by atoms with van der Waals surface area (Å²) < 4.78 is 0. The zero-order valence-electron chi connectivity index (χ0n) is 12.7. The number of hydrogen-bond donors (Lipinski definition) is 2. The van der Waals surface area contributed by atoms with Crippen LogP contribution in [0.5, 0.6) is 0 Å². The van der Waals surface area contributed by atoms with Crippen molar-refractivity contribution in [3.8, 4) is 0 Å². The molecule has 0 aliphatic carbocycles. The van der Waals surface area contributed by atoms with Crippen LogP contribution in [0.1, 0.15) is 41.5 Å². The van der Waals surface area contributed by atoms with E-state index in [9.17, 15) is 0 Å². The lowest BCUT2D eigenvalue weighted by Gasteiger charge is -2.62. The summed E-state index contributed by atoms with van der Waals surface area (Å²) in [6, 6.07) is 0. The van der Waals surface area contributed by atoms with Gasteiger partial charge in [-0.1, -0.05) is 20.8 Å². The minimum Gasteiger partial charge on any atom is -0.396 e. The molecule has 4 nitrogen and oxygen atoms in total. The molecule has 1 aliphatic heterocycles. The standard InChI is InChI=1S/C14H29N3O/c1-7-15-12(16-8-11(2)9-18)17-10-13(3,4)14(17,5)6/h11,18H,7-10H2,1-6H3,(H,15,16). The third kappa shape index (κ3) is 2.79. The lowest BCUT2D eigenvalue weighted by molar-refractivity contribution is -0.0668. The SMILES string of the molecule is CCNC(=NCC(C)CO)N1CC(C)(C)C1(C)C. The minimum absolute atomic E-state index is 0.121. The quantitative estimate of drug-likeness (QED) is 0.594. The molecule has 0 amide bonds. The van der Waals surface area contributed by atoms with Crippen molar-refractivity contribution in [1.82, 2.24) is 10.2 Å². The monoisotopic (exact) mass is 255 g/mol. The van der Waals surface area contributed by atoms with Gasteiger partial charge >= 0.3 is 0 Å². The second-order valence-corrected chi connectivity index (χ2v) is 6.51. The summed E-state index contributed by atoms with van der Waals surface area (Å²) in [5.41, 5.74) is 0.433. The number of aliphatic imine (C=N–C) groups is 1. The second kappa shape index (κ2) is 5.47. The van der Waals surface area contributed by atoms with Gasteiger partial charge in [0.15, 0.2) is 5.96 Å². The third-order valence-electron chi connectivity index (χ3n) is 4.34. The fraction of sp³-hybridized carbons (Fsp3) is 0.929. The number of aliphatic hydroxyl groups excluding tert-OH is 1. The first-order valence-electron chi connectivity index (χ1n) is 6.93. The van der Waals surface area contributed by atoms with Crippen molar-refractivity contribution in [3.05, 3.63) is 0 Å². The normalized spacial score (nSPS) is 23.5. The minimum atomic E-state index is 0.121. The van der Waals surface area contributed by atoms with E-state index in [1.54, 1.807) is 0 Å². The van der Waals surface area contributed by atoms with Crippen molar-refractivity contribution in [2.24, 2.45) is 16.3 Å². The first-order valence-corrected chi connectivity index (χ1v) is 6.93. The molecule has 0 aromatic heterocycles. The summed E-state index contributed by atoms with van der Waals surface area (Å²) in [4.78, 5) is 6.97. The first kappa shape index (κ1) is 15.3. The summed E-state index contributed by atoms with van der Waals surface area (Å²) in [6.07, 6.45) is 0. The Morgan fingerprint density at radius 3 is 2.39 bits per heavy atom. The number of guanidine groups is 1. The van der Waals surface area contributed by atoms with Crippen LogP contribution in [0.4, 0.5) is 0 Å². The second-order valence-electron chi connectivity index (χ2n) is 6.51. The predicted octanol–water partition coefficient (Wildman–Crippen LogP) is 1.70. The molecule has 4 heteroatoms. The van der Waals surface area contributed by atoms with Gasteiger partial charge in [-0.2, -0.15) is 0 Å². The molecule has 1 rings (SSSR count). The molecule has 106 valence electrons. The largest absolute Gasteiger partial charge is 0.396 e. The third-order valence-corrected chi connectivity index (χ3v) is 4.34. The number of likely N-dealkylation sites (tertiary alicyclic amines) is 1. The molecule has 1 unspecified atom stereocenters. The lowest BCUT2D eigenvalue weighted by atomic mass is 9.65. The highest BCUT2D eigenvalue weighted by atomic mass is 16.3. The van der Waals surface area contributed by atoms with E-state index in [0.717, 1.165) is 19.0 Å². The van der Waals surface area contributed by atoms with Gasteiger partial charge in [-0.3, -0.25) is 4.99 Å². The van der Waals surface area contributed by atoms with Crippen molar-refractivity contribution < 1.29 is 5.11 Å². The smallest absolute Gasteiger partial charge is 0.194 e. The topological polar surface area (TPSA) is 47.9 Å². The van der Waals surface area contributed by atoms with Crippen molar-refractivity contribution in [2.75, 3.05) is 26.2 Å². The van der Waals surface area contributed by atoms with Crippen LogP contribution in [-0.4, -0.2) is 47.7 Å². The van der Waals surface area contributed by atoms with Crippen LogP contribution in [0, 0.1) is 11.3 Å². The molecule has 18 heavy (non-hydrogen) atoms. The van der Waals surface area contributed by atoms with Crippen LogP contribution in [0.15, 0.2) is 4.99 Å². The van der Waals surface area contributed by atoms with E-state index in [1.165, 1.54) is 0 Å². The van der Waals surface area contributed by atoms with Crippen LogP contribution in [-0.2, 0) is 0 Å². The van der Waals surface area contributed by atoms with E-state index in [1.807, 2.05) is 6.92 Å². The average molecular weight is 255 g/mol. The Labute approximate surface area is 111 Å². The highest BCUT2D eigenvalue weighted by molar-refractivity contribution is 5.82. The Morgan fingerprint density at radius 2 is 2.00 bits per heavy atom. The molecule has 0 aromatic carbocycles. The maximum Gasteiger partial charge on any atom is 0.194 e. The fourth-order valence-corrected chi connectivity index (χ4v) is 2.09. The highest BCUT2D eigenvalue weighted by Crippen LogP contribution is 2.46. The summed E-state index contributed by atoms with van der Waals surface area (Å²) >= 11 is 0. The highest BCUT2D eigenvalue weighted by Gasteiger charge is 2.53. The Balaban J connectivity index is 2.75. The van der Waals surface area contributed by atoms with Crippen molar-refractivity contribution in [2.45, 2.75) is 47.1 Å². The van der Waals surface area contributed by atoms with Crippen molar-refractivity contribution >= 4 is 5.96 Å². The summed E-state index contributed by atoms with van der Waals surface area (Å²) in [6.45, 7) is 16.0. The molecule has 2 N–H and O–H groups in total. The summed E-state index contributed by atoms with van der Waals surface area (Å²) in [5, 5.41) is 12.4. The Morgan fingerprint density at radius 1 is 1.39 bits per heavy atom. The fourth-order valence-electron chi connectivity index (χ4n) is 2.09. The Bertz CT molecular complexity index is 310. The first-order chi connectivity index (χ1) is 8.26. The van der Waals surface area contributed by atoms with Crippen molar-refractivity contribution in [3.63, 3.8) is 0 Å². The van der Waals surface area contributed by atoms with E-state index >= 15 is 0 Å². The van der Waals surface area contributed by atoms with Gasteiger partial charge in [0.1, 0.15) is 0 Å². The van der Waals surface area contributed by atoms with Gasteiger partial charge in [-0.05, 0) is 26.7 Å². The number of nitrogens with one attached hydrogen (secondary N) is 1. The van der Waals surface area contributed by atoms with E-state index in [2.05, 4.69) is 49.8 Å². The molecule has 1 fully saturated rings. The Kier molecular flexibility index (Phi) is 4.65. The molecular formula is C14H29N3O. The number of hydrogen-bond acceptors (Lipinski definition) is 2. The number of aliphatic hydroxyl groups is 1. The van der Waals surface area contributed by atoms with Gasteiger partial charge in [0.2, 0.25) is 0 Å². The molecule has 0 radical (unpaired) electrons. The van der Waals surface area contributed by atoms with Gasteiger partial charge in [-0.15, -0.1) is 0 Å². The number of nitrogens with zero attached hydrogens (tertiary/aromatic N) is 2. The maximum atomic E-state index is 9.07. The van der Waals surface area contributed by atoms with Gasteiger partial charge in [0.05, 0.1) is 0 Å². The maximum absolute atomic E-state index is 9.07. The molecule has 1 atom stereocenters. The van der Waals surface area contributed by atoms with Crippen LogP contribution in [0.25, 0.3) is 0 Å². The molecule has 0 aromatic rings. The van der Waals surface area contributed by atoms with Crippen LogP contribution in [0.2, 0.25) is 0 Å². The van der Waals surface area contributed by atoms with Gasteiger partial charge in [0.25, 0.3) is 0 Å². The lowest BCUT2D eigenvalue weighted by Crippen LogP contribution is -2.72. The van der Waals surface area contributed by atoms with Crippen LogP contribution in [0.3, 0.4) is 0 Å². The zero-order valence-corrected chi connectivity index (χ0v) is 12.7. The zero-order chi connectivity index (χ0) is 14.0. The molecule has 0 spiro atoms. The van der Waals surface area contributed by atoms with Crippen LogP contribution >= 0.6 is 0 Å². The number of rotatable bonds is 4. The molecule has 0 bridgehead atoms. The summed E-state index contributed by atoms with van der Waals surface area (Å²) in [5.74, 6) is 1.19. The van der Waals surface area contributed by atoms with Gasteiger partial charge in [-0.25, -0.2) is 0 Å².